The van der Waals surface area contributed by atoms with E-state index >= 15 is 0 Å². The Kier molecular flexibility index (Phi) is 10.1. The standard InChI is InChI=1S/C27H38N2O7/c30-25-10-9-23(26(31)28-25)29-19-22-21(27(29)32)7-4-8-24(22)36-18-17-35-16-15-34-14-13-33-12-11-20-5-2-1-3-6-20/h4,7-8,20,23H,1-3,5-6,9-19H2,(H,28,30,31). The predicted octanol–water partition coefficient (Wildman–Crippen LogP) is 2.85. The molecule has 36 heavy (non-hydrogen) atoms. The van der Waals surface area contributed by atoms with Crippen molar-refractivity contribution < 1.29 is 33.3 Å². The Morgan fingerprint density at radius 2 is 1.53 bits per heavy atom. The molecule has 2 fully saturated rings. The number of amides is 3. The lowest BCUT2D eigenvalue weighted by molar-refractivity contribution is -0.136. The van der Waals surface area contributed by atoms with E-state index in [0.717, 1.165) is 24.5 Å². The third kappa shape index (κ3) is 7.27. The second kappa shape index (κ2) is 13.7. The lowest BCUT2D eigenvalue weighted by atomic mass is 9.87. The maximum absolute atomic E-state index is 12.9. The maximum atomic E-state index is 12.9. The van der Waals surface area contributed by atoms with Crippen molar-refractivity contribution in [1.29, 1.82) is 0 Å². The summed E-state index contributed by atoms with van der Waals surface area (Å²) in [6.45, 7) is 4.00. The number of nitrogens with zero attached hydrogens (tertiary/aromatic N) is 1. The van der Waals surface area contributed by atoms with E-state index in [1.165, 1.54) is 37.0 Å². The fraction of sp³-hybridized carbons (Fsp3) is 0.667. The van der Waals surface area contributed by atoms with Gasteiger partial charge in [-0.1, -0.05) is 38.2 Å². The van der Waals surface area contributed by atoms with Crippen LogP contribution in [0.2, 0.25) is 0 Å². The summed E-state index contributed by atoms with van der Waals surface area (Å²) in [6, 6.07) is 4.69. The molecule has 1 atom stereocenters. The van der Waals surface area contributed by atoms with E-state index in [1.807, 2.05) is 6.07 Å². The van der Waals surface area contributed by atoms with E-state index in [1.54, 1.807) is 12.1 Å². The number of imide groups is 1. The van der Waals surface area contributed by atoms with Crippen LogP contribution in [-0.4, -0.2) is 74.9 Å². The molecule has 1 saturated heterocycles. The van der Waals surface area contributed by atoms with Gasteiger partial charge in [-0.15, -0.1) is 0 Å². The van der Waals surface area contributed by atoms with Gasteiger partial charge in [0.05, 0.1) is 39.6 Å². The number of fused-ring (bicyclic) bond motifs is 1. The van der Waals surface area contributed by atoms with Crippen molar-refractivity contribution >= 4 is 17.7 Å². The number of carbonyl (C=O) groups is 3. The summed E-state index contributed by atoms with van der Waals surface area (Å²) < 4.78 is 22.7. The van der Waals surface area contributed by atoms with Gasteiger partial charge >= 0.3 is 0 Å². The van der Waals surface area contributed by atoms with Crippen LogP contribution < -0.4 is 10.1 Å². The van der Waals surface area contributed by atoms with E-state index in [-0.39, 0.29) is 24.8 Å². The molecule has 1 aliphatic carbocycles. The second-order valence-electron chi connectivity index (χ2n) is 9.66. The first-order chi connectivity index (χ1) is 17.6. The van der Waals surface area contributed by atoms with E-state index < -0.39 is 11.9 Å². The van der Waals surface area contributed by atoms with Gasteiger partial charge in [0.25, 0.3) is 5.91 Å². The molecular weight excluding hydrogens is 464 g/mol. The van der Waals surface area contributed by atoms with Crippen LogP contribution in [0.1, 0.15) is 67.3 Å². The van der Waals surface area contributed by atoms with Crippen molar-refractivity contribution in [2.24, 2.45) is 5.92 Å². The van der Waals surface area contributed by atoms with Gasteiger partial charge in [-0.3, -0.25) is 19.7 Å². The number of benzene rings is 1. The lowest BCUT2D eigenvalue weighted by Gasteiger charge is -2.29. The molecule has 2 heterocycles. The first kappa shape index (κ1) is 26.6. The maximum Gasteiger partial charge on any atom is 0.255 e. The minimum Gasteiger partial charge on any atom is -0.491 e. The van der Waals surface area contributed by atoms with E-state index in [0.29, 0.717) is 57.4 Å². The largest absolute Gasteiger partial charge is 0.491 e. The molecule has 0 radical (unpaired) electrons. The van der Waals surface area contributed by atoms with E-state index in [2.05, 4.69) is 5.32 Å². The van der Waals surface area contributed by atoms with E-state index in [4.69, 9.17) is 18.9 Å². The molecule has 1 aromatic rings. The van der Waals surface area contributed by atoms with Crippen LogP contribution in [0.15, 0.2) is 18.2 Å². The zero-order valence-corrected chi connectivity index (χ0v) is 21.0. The summed E-state index contributed by atoms with van der Waals surface area (Å²) in [5.41, 5.74) is 1.30. The molecule has 1 N–H and O–H groups in total. The van der Waals surface area contributed by atoms with Crippen LogP contribution in [0.3, 0.4) is 0 Å². The molecule has 1 unspecified atom stereocenters. The topological polar surface area (TPSA) is 103 Å². The first-order valence-electron chi connectivity index (χ1n) is 13.3. The highest BCUT2D eigenvalue weighted by Gasteiger charge is 2.40. The molecule has 0 spiro atoms. The Morgan fingerprint density at radius 3 is 2.25 bits per heavy atom. The average molecular weight is 503 g/mol. The lowest BCUT2D eigenvalue weighted by Crippen LogP contribution is -2.52. The summed E-state index contributed by atoms with van der Waals surface area (Å²) in [4.78, 5) is 38.1. The molecule has 198 valence electrons. The Bertz CT molecular complexity index is 900. The van der Waals surface area contributed by atoms with Crippen LogP contribution in [0.25, 0.3) is 0 Å². The SMILES string of the molecule is O=C1CCC(N2Cc3c(OCCOCCOCCOCCC4CCCCC4)cccc3C2=O)C(=O)N1. The van der Waals surface area contributed by atoms with Crippen LogP contribution in [-0.2, 0) is 30.3 Å². The number of piperidine rings is 1. The third-order valence-electron chi connectivity index (χ3n) is 7.16. The highest BCUT2D eigenvalue weighted by molar-refractivity contribution is 6.05. The number of carbonyl (C=O) groups excluding carboxylic acids is 3. The summed E-state index contributed by atoms with van der Waals surface area (Å²) >= 11 is 0. The zero-order valence-electron chi connectivity index (χ0n) is 21.0. The molecule has 3 aliphatic rings. The first-order valence-corrected chi connectivity index (χ1v) is 13.3. The van der Waals surface area contributed by atoms with Gasteiger partial charge in [0, 0.05) is 24.2 Å². The van der Waals surface area contributed by atoms with Gasteiger partial charge in [0.15, 0.2) is 0 Å². The van der Waals surface area contributed by atoms with Gasteiger partial charge in [-0.25, -0.2) is 0 Å². The molecule has 9 heteroatoms. The number of ether oxygens (including phenoxy) is 4. The smallest absolute Gasteiger partial charge is 0.255 e. The number of rotatable bonds is 14. The molecular formula is C27H38N2O7. The quantitative estimate of drug-likeness (QED) is 0.308. The average Bonchev–Trinajstić information content (AvgIpc) is 3.22. The van der Waals surface area contributed by atoms with Crippen molar-refractivity contribution in [1.82, 2.24) is 10.2 Å². The zero-order chi connectivity index (χ0) is 25.2. The van der Waals surface area contributed by atoms with E-state index in [9.17, 15) is 14.4 Å². The number of hydrogen-bond acceptors (Lipinski definition) is 7. The van der Waals surface area contributed by atoms with Gasteiger partial charge in [-0.05, 0) is 30.9 Å². The Balaban J connectivity index is 1.07. The summed E-state index contributed by atoms with van der Waals surface area (Å²) in [7, 11) is 0. The van der Waals surface area contributed by atoms with Gasteiger partial charge in [0.2, 0.25) is 11.8 Å². The third-order valence-corrected chi connectivity index (χ3v) is 7.16. The van der Waals surface area contributed by atoms with Crippen LogP contribution in [0, 0.1) is 5.92 Å². The van der Waals surface area contributed by atoms with Crippen LogP contribution in [0.4, 0.5) is 0 Å². The monoisotopic (exact) mass is 502 g/mol. The summed E-state index contributed by atoms with van der Waals surface area (Å²) in [5.74, 6) is 0.527. The fourth-order valence-electron chi connectivity index (χ4n) is 5.17. The Morgan fingerprint density at radius 1 is 0.833 bits per heavy atom. The molecule has 9 nitrogen and oxygen atoms in total. The molecule has 2 aliphatic heterocycles. The van der Waals surface area contributed by atoms with Gasteiger partial charge in [0.1, 0.15) is 18.4 Å². The molecule has 3 amide bonds. The molecule has 0 bridgehead atoms. The van der Waals surface area contributed by atoms with Crippen molar-refractivity contribution in [2.75, 3.05) is 46.2 Å². The Hall–Kier alpha value is -2.49. The van der Waals surface area contributed by atoms with Crippen molar-refractivity contribution in [3.8, 4) is 5.75 Å². The molecule has 1 aromatic carbocycles. The van der Waals surface area contributed by atoms with Crippen LogP contribution in [0.5, 0.6) is 5.75 Å². The normalized spacial score (nSPS) is 20.5. The minimum absolute atomic E-state index is 0.212. The van der Waals surface area contributed by atoms with Crippen molar-refractivity contribution in [3.63, 3.8) is 0 Å². The van der Waals surface area contributed by atoms with Gasteiger partial charge < -0.3 is 23.8 Å². The highest BCUT2D eigenvalue weighted by atomic mass is 16.6. The number of nitrogens with one attached hydrogen (secondary N) is 1. The second-order valence-corrected chi connectivity index (χ2v) is 9.66. The number of hydrogen-bond donors (Lipinski definition) is 1. The summed E-state index contributed by atoms with van der Waals surface area (Å²) in [6.07, 6.45) is 8.57. The van der Waals surface area contributed by atoms with Crippen molar-refractivity contribution in [2.45, 2.75) is 64.0 Å². The molecule has 4 rings (SSSR count). The highest BCUT2D eigenvalue weighted by Crippen LogP contribution is 2.33. The van der Waals surface area contributed by atoms with Crippen LogP contribution >= 0.6 is 0 Å². The van der Waals surface area contributed by atoms with Gasteiger partial charge in [-0.2, -0.15) is 0 Å². The molecule has 1 saturated carbocycles. The summed E-state index contributed by atoms with van der Waals surface area (Å²) in [5, 5.41) is 2.32. The minimum atomic E-state index is -0.638. The predicted molar refractivity (Wildman–Crippen MR) is 132 cm³/mol. The molecule has 0 aromatic heterocycles. The fourth-order valence-corrected chi connectivity index (χ4v) is 5.17. The Labute approximate surface area is 212 Å². The van der Waals surface area contributed by atoms with Crippen molar-refractivity contribution in [3.05, 3.63) is 29.3 Å².